The van der Waals surface area contributed by atoms with Crippen molar-refractivity contribution in [3.8, 4) is 0 Å². The van der Waals surface area contributed by atoms with E-state index < -0.39 is 0 Å². The lowest BCUT2D eigenvalue weighted by Crippen LogP contribution is -2.16. The molecule has 0 aliphatic carbocycles. The molecule has 1 aliphatic rings. The smallest absolute Gasteiger partial charge is 0.155 e. The fourth-order valence-corrected chi connectivity index (χ4v) is 0.976. The van der Waals surface area contributed by atoms with Gasteiger partial charge in [-0.1, -0.05) is 0 Å². The van der Waals surface area contributed by atoms with Crippen molar-refractivity contribution in [1.82, 2.24) is 5.48 Å². The van der Waals surface area contributed by atoms with Crippen LogP contribution in [0.15, 0.2) is 23.1 Å². The Labute approximate surface area is 71.6 Å². The SMILES string of the molecule is CC(N)=C(C=N)C1=CC(C)NO1. The predicted octanol–water partition coefficient (Wildman–Crippen LogP) is 0.676. The van der Waals surface area contributed by atoms with Crippen LogP contribution in [0.4, 0.5) is 0 Å². The van der Waals surface area contributed by atoms with Gasteiger partial charge in [-0.15, -0.1) is 5.48 Å². The van der Waals surface area contributed by atoms with Gasteiger partial charge in [0.2, 0.25) is 0 Å². The maximum Gasteiger partial charge on any atom is 0.155 e. The molecule has 0 spiro atoms. The Kier molecular flexibility index (Phi) is 2.50. The summed E-state index contributed by atoms with van der Waals surface area (Å²) in [7, 11) is 0. The van der Waals surface area contributed by atoms with Gasteiger partial charge in [0.25, 0.3) is 0 Å². The minimum absolute atomic E-state index is 0.175. The molecule has 0 fully saturated rings. The van der Waals surface area contributed by atoms with Crippen LogP contribution in [-0.2, 0) is 4.84 Å². The lowest BCUT2D eigenvalue weighted by Gasteiger charge is -2.04. The number of rotatable bonds is 2. The highest BCUT2D eigenvalue weighted by Gasteiger charge is 2.15. The van der Waals surface area contributed by atoms with Crippen molar-refractivity contribution in [2.45, 2.75) is 19.9 Å². The molecular weight excluding hydrogens is 154 g/mol. The van der Waals surface area contributed by atoms with Gasteiger partial charge in [0.15, 0.2) is 5.76 Å². The minimum atomic E-state index is 0.175. The van der Waals surface area contributed by atoms with Crippen molar-refractivity contribution in [3.05, 3.63) is 23.1 Å². The average molecular weight is 167 g/mol. The van der Waals surface area contributed by atoms with E-state index in [4.69, 9.17) is 16.0 Å². The van der Waals surface area contributed by atoms with Crippen LogP contribution in [0.25, 0.3) is 0 Å². The summed E-state index contributed by atoms with van der Waals surface area (Å²) < 4.78 is 0. The zero-order valence-electron chi connectivity index (χ0n) is 7.22. The lowest BCUT2D eigenvalue weighted by atomic mass is 10.1. The van der Waals surface area contributed by atoms with Crippen LogP contribution in [0.3, 0.4) is 0 Å². The van der Waals surface area contributed by atoms with Crippen LogP contribution in [0.5, 0.6) is 0 Å². The summed E-state index contributed by atoms with van der Waals surface area (Å²) >= 11 is 0. The average Bonchev–Trinajstić information content (AvgIpc) is 2.37. The van der Waals surface area contributed by atoms with Crippen molar-refractivity contribution in [2.24, 2.45) is 5.73 Å². The third kappa shape index (κ3) is 1.65. The summed E-state index contributed by atoms with van der Waals surface area (Å²) in [5.74, 6) is 0.637. The Morgan fingerprint density at radius 3 is 2.83 bits per heavy atom. The Morgan fingerprint density at radius 1 is 1.83 bits per heavy atom. The first-order valence-corrected chi connectivity index (χ1v) is 3.76. The number of nitrogens with one attached hydrogen (secondary N) is 2. The summed E-state index contributed by atoms with van der Waals surface area (Å²) in [6.07, 6.45) is 3.08. The second kappa shape index (κ2) is 3.40. The highest BCUT2D eigenvalue weighted by Crippen LogP contribution is 2.16. The van der Waals surface area contributed by atoms with Gasteiger partial charge >= 0.3 is 0 Å². The van der Waals surface area contributed by atoms with Gasteiger partial charge in [0.1, 0.15) is 0 Å². The molecule has 0 saturated heterocycles. The van der Waals surface area contributed by atoms with Crippen molar-refractivity contribution in [2.75, 3.05) is 0 Å². The van der Waals surface area contributed by atoms with Crippen LogP contribution < -0.4 is 11.2 Å². The van der Waals surface area contributed by atoms with Gasteiger partial charge in [0.05, 0.1) is 11.6 Å². The first-order chi connectivity index (χ1) is 5.65. The molecule has 1 aliphatic heterocycles. The largest absolute Gasteiger partial charge is 0.408 e. The summed E-state index contributed by atoms with van der Waals surface area (Å²) in [6.45, 7) is 3.70. The molecule has 4 N–H and O–H groups in total. The third-order valence-electron chi connectivity index (χ3n) is 1.59. The molecule has 1 rings (SSSR count). The number of allylic oxidation sites excluding steroid dienone is 2. The Balaban J connectivity index is 2.89. The van der Waals surface area contributed by atoms with Gasteiger partial charge in [0, 0.05) is 11.9 Å². The lowest BCUT2D eigenvalue weighted by molar-refractivity contribution is 0.127. The molecule has 0 bridgehead atoms. The van der Waals surface area contributed by atoms with Crippen LogP contribution in [0.2, 0.25) is 0 Å². The molecule has 1 atom stereocenters. The standard InChI is InChI=1S/C8H13N3O/c1-5-3-8(12-11-5)7(4-9)6(2)10/h3-5,9,11H,10H2,1-2H3. The summed E-state index contributed by atoms with van der Waals surface area (Å²) in [6, 6.07) is 0.175. The summed E-state index contributed by atoms with van der Waals surface area (Å²) in [5, 5.41) is 7.11. The van der Waals surface area contributed by atoms with E-state index in [1.54, 1.807) is 6.92 Å². The Morgan fingerprint density at radius 2 is 2.50 bits per heavy atom. The zero-order valence-corrected chi connectivity index (χ0v) is 7.22. The highest BCUT2D eigenvalue weighted by molar-refractivity contribution is 5.82. The van der Waals surface area contributed by atoms with E-state index in [0.717, 1.165) is 0 Å². The van der Waals surface area contributed by atoms with Gasteiger partial charge in [-0.05, 0) is 19.9 Å². The molecule has 0 aromatic heterocycles. The fraction of sp³-hybridized carbons (Fsp3) is 0.375. The molecule has 12 heavy (non-hydrogen) atoms. The van der Waals surface area contributed by atoms with E-state index in [1.165, 1.54) is 6.21 Å². The minimum Gasteiger partial charge on any atom is -0.408 e. The molecule has 4 nitrogen and oxygen atoms in total. The van der Waals surface area contributed by atoms with E-state index in [1.807, 2.05) is 13.0 Å². The monoisotopic (exact) mass is 167 g/mol. The molecule has 4 heteroatoms. The number of hydrogen-bond donors (Lipinski definition) is 3. The first kappa shape index (κ1) is 8.80. The normalized spacial score (nSPS) is 24.2. The maximum absolute atomic E-state index is 7.11. The van der Waals surface area contributed by atoms with Gasteiger partial charge in [-0.2, -0.15) is 0 Å². The molecule has 0 aromatic carbocycles. The van der Waals surface area contributed by atoms with Gasteiger partial charge in [-0.25, -0.2) is 0 Å². The summed E-state index contributed by atoms with van der Waals surface area (Å²) in [5.41, 5.74) is 9.53. The Hall–Kier alpha value is -1.29. The second-order valence-corrected chi connectivity index (χ2v) is 2.78. The molecule has 0 amide bonds. The molecule has 0 saturated carbocycles. The zero-order chi connectivity index (χ0) is 9.14. The number of nitrogens with two attached hydrogens (primary N) is 1. The fourth-order valence-electron chi connectivity index (χ4n) is 0.976. The van der Waals surface area contributed by atoms with E-state index in [2.05, 4.69) is 5.48 Å². The van der Waals surface area contributed by atoms with E-state index in [0.29, 0.717) is 17.0 Å². The molecular formula is C8H13N3O. The maximum atomic E-state index is 7.11. The first-order valence-electron chi connectivity index (χ1n) is 3.76. The quantitative estimate of drug-likeness (QED) is 0.529. The van der Waals surface area contributed by atoms with Crippen molar-refractivity contribution >= 4 is 6.21 Å². The Bertz CT molecular complexity index is 251. The third-order valence-corrected chi connectivity index (χ3v) is 1.59. The van der Waals surface area contributed by atoms with Crippen molar-refractivity contribution < 1.29 is 4.84 Å². The number of hydroxylamine groups is 1. The van der Waals surface area contributed by atoms with Crippen molar-refractivity contribution in [3.63, 3.8) is 0 Å². The highest BCUT2D eigenvalue weighted by atomic mass is 16.7. The van der Waals surface area contributed by atoms with Crippen LogP contribution >= 0.6 is 0 Å². The predicted molar refractivity (Wildman–Crippen MR) is 47.4 cm³/mol. The summed E-state index contributed by atoms with van der Waals surface area (Å²) in [4.78, 5) is 5.10. The molecule has 1 unspecified atom stereocenters. The van der Waals surface area contributed by atoms with E-state index in [9.17, 15) is 0 Å². The van der Waals surface area contributed by atoms with E-state index >= 15 is 0 Å². The van der Waals surface area contributed by atoms with Crippen LogP contribution in [0.1, 0.15) is 13.8 Å². The second-order valence-electron chi connectivity index (χ2n) is 2.78. The van der Waals surface area contributed by atoms with Gasteiger partial charge < -0.3 is 16.0 Å². The van der Waals surface area contributed by atoms with E-state index in [-0.39, 0.29) is 6.04 Å². The molecule has 66 valence electrons. The van der Waals surface area contributed by atoms with Gasteiger partial charge in [-0.3, -0.25) is 0 Å². The molecule has 0 radical (unpaired) electrons. The van der Waals surface area contributed by atoms with Crippen LogP contribution in [0, 0.1) is 5.41 Å². The number of hydrogen-bond acceptors (Lipinski definition) is 4. The van der Waals surface area contributed by atoms with Crippen molar-refractivity contribution in [1.29, 1.82) is 5.41 Å². The molecule has 0 aromatic rings. The topological polar surface area (TPSA) is 71.1 Å². The van der Waals surface area contributed by atoms with Crippen LogP contribution in [-0.4, -0.2) is 12.3 Å². The molecule has 1 heterocycles.